The van der Waals surface area contributed by atoms with Gasteiger partial charge in [-0.2, -0.15) is 0 Å². The van der Waals surface area contributed by atoms with Crippen molar-refractivity contribution in [1.29, 1.82) is 0 Å². The summed E-state index contributed by atoms with van der Waals surface area (Å²) in [6.45, 7) is 4.00. The Labute approximate surface area is 45.5 Å². The first kappa shape index (κ1) is 6.48. The lowest BCUT2D eigenvalue weighted by Crippen LogP contribution is -1.54. The molecular formula is C7H11. The highest BCUT2D eigenvalue weighted by Crippen LogP contribution is 1.80. The van der Waals surface area contributed by atoms with Crippen molar-refractivity contribution >= 4 is 0 Å². The highest BCUT2D eigenvalue weighted by Gasteiger charge is 1.62. The van der Waals surface area contributed by atoms with E-state index in [9.17, 15) is 0 Å². The van der Waals surface area contributed by atoms with Crippen molar-refractivity contribution in [3.05, 3.63) is 30.7 Å². The molecule has 0 saturated carbocycles. The largest absolute Gasteiger partial charge is 0.0910 e. The molecule has 1 radical (unpaired) electrons. The van der Waals surface area contributed by atoms with Crippen LogP contribution in [-0.4, -0.2) is 0 Å². The molecule has 0 aromatic carbocycles. The van der Waals surface area contributed by atoms with Gasteiger partial charge < -0.3 is 0 Å². The second kappa shape index (κ2) is 5.48. The van der Waals surface area contributed by atoms with Gasteiger partial charge >= 0.3 is 0 Å². The van der Waals surface area contributed by atoms with Gasteiger partial charge in [0.25, 0.3) is 0 Å². The van der Waals surface area contributed by atoms with Crippen LogP contribution in [0.15, 0.2) is 24.3 Å². The quantitative estimate of drug-likeness (QED) is 0.494. The van der Waals surface area contributed by atoms with Gasteiger partial charge in [-0.25, -0.2) is 0 Å². The Balaban J connectivity index is 2.98. The fourth-order valence-electron chi connectivity index (χ4n) is 0.286. The van der Waals surface area contributed by atoms with Gasteiger partial charge in [0.2, 0.25) is 0 Å². The van der Waals surface area contributed by atoms with Gasteiger partial charge in [0, 0.05) is 6.42 Å². The third-order valence-electron chi connectivity index (χ3n) is 0.607. The van der Waals surface area contributed by atoms with Crippen LogP contribution in [0.4, 0.5) is 0 Å². The van der Waals surface area contributed by atoms with Gasteiger partial charge in [-0.15, -0.1) is 0 Å². The molecule has 0 aromatic rings. The number of allylic oxidation sites excluding steroid dienone is 4. The molecule has 0 N–H and O–H groups in total. The topological polar surface area (TPSA) is 0 Å². The summed E-state index contributed by atoms with van der Waals surface area (Å²) >= 11 is 0. The molecule has 0 aromatic heterocycles. The van der Waals surface area contributed by atoms with E-state index in [2.05, 4.69) is 0 Å². The molecule has 0 heteroatoms. The highest BCUT2D eigenvalue weighted by atomic mass is 13.7. The van der Waals surface area contributed by atoms with Crippen LogP contribution < -0.4 is 0 Å². The van der Waals surface area contributed by atoms with E-state index in [-0.39, 0.29) is 0 Å². The second-order valence-corrected chi connectivity index (χ2v) is 1.24. The van der Waals surface area contributed by atoms with Gasteiger partial charge in [-0.05, 0) is 13.8 Å². The predicted octanol–water partition coefficient (Wildman–Crippen LogP) is 2.34. The summed E-state index contributed by atoms with van der Waals surface area (Å²) in [4.78, 5) is 0. The predicted molar refractivity (Wildman–Crippen MR) is 33.9 cm³/mol. The molecule has 0 saturated heterocycles. The molecule has 0 rings (SSSR count). The first-order valence-corrected chi connectivity index (χ1v) is 2.49. The zero-order valence-electron chi connectivity index (χ0n) is 4.89. The third kappa shape index (κ3) is 5.48. The van der Waals surface area contributed by atoms with Crippen molar-refractivity contribution < 1.29 is 0 Å². The maximum absolute atomic E-state index is 2.00. The van der Waals surface area contributed by atoms with Gasteiger partial charge in [0.05, 0.1) is 0 Å². The lowest BCUT2D eigenvalue weighted by atomic mass is 10.3. The van der Waals surface area contributed by atoms with E-state index in [4.69, 9.17) is 0 Å². The first-order valence-electron chi connectivity index (χ1n) is 2.49. The van der Waals surface area contributed by atoms with E-state index in [1.165, 1.54) is 0 Å². The van der Waals surface area contributed by atoms with E-state index in [1.54, 1.807) is 0 Å². The van der Waals surface area contributed by atoms with Crippen LogP contribution in [0, 0.1) is 6.42 Å². The van der Waals surface area contributed by atoms with Crippen LogP contribution in [0.25, 0.3) is 0 Å². The van der Waals surface area contributed by atoms with Crippen LogP contribution in [-0.2, 0) is 0 Å². The van der Waals surface area contributed by atoms with E-state index >= 15 is 0 Å². The average Bonchev–Trinajstić information content (AvgIpc) is 1.69. The van der Waals surface area contributed by atoms with E-state index in [0.29, 0.717) is 0 Å². The Morgan fingerprint density at radius 3 is 1.57 bits per heavy atom. The fraction of sp³-hybridized carbons (Fsp3) is 0.286. The maximum Gasteiger partial charge on any atom is 0.00439 e. The third-order valence-corrected chi connectivity index (χ3v) is 0.607. The molecule has 0 heterocycles. The van der Waals surface area contributed by atoms with Crippen molar-refractivity contribution in [2.75, 3.05) is 0 Å². The Morgan fingerprint density at radius 1 is 0.857 bits per heavy atom. The molecule has 7 heavy (non-hydrogen) atoms. The van der Waals surface area contributed by atoms with Gasteiger partial charge in [0.15, 0.2) is 0 Å². The number of rotatable bonds is 2. The van der Waals surface area contributed by atoms with Gasteiger partial charge in [-0.1, -0.05) is 24.3 Å². The van der Waals surface area contributed by atoms with Crippen molar-refractivity contribution in [2.45, 2.75) is 13.8 Å². The van der Waals surface area contributed by atoms with Crippen LogP contribution in [0.3, 0.4) is 0 Å². The lowest BCUT2D eigenvalue weighted by molar-refractivity contribution is 1.62. The van der Waals surface area contributed by atoms with Crippen LogP contribution >= 0.6 is 0 Å². The molecule has 0 nitrogen and oxygen atoms in total. The molecule has 0 aliphatic rings. The van der Waals surface area contributed by atoms with Crippen molar-refractivity contribution in [2.24, 2.45) is 0 Å². The summed E-state index contributed by atoms with van der Waals surface area (Å²) in [7, 11) is 0. The maximum atomic E-state index is 2.00. The Hall–Kier alpha value is -0.520. The van der Waals surface area contributed by atoms with Crippen molar-refractivity contribution in [3.8, 4) is 0 Å². The average molecular weight is 95.2 g/mol. The molecule has 0 aliphatic carbocycles. The Bertz CT molecular complexity index is 58.1. The molecule has 0 unspecified atom stereocenters. The molecule has 0 bridgehead atoms. The van der Waals surface area contributed by atoms with Gasteiger partial charge in [0.1, 0.15) is 0 Å². The van der Waals surface area contributed by atoms with Crippen LogP contribution in [0.5, 0.6) is 0 Å². The molecule has 0 fully saturated rings. The minimum atomic E-state index is 2.00. The second-order valence-electron chi connectivity index (χ2n) is 1.24. The summed E-state index contributed by atoms with van der Waals surface area (Å²) in [5.41, 5.74) is 0. The van der Waals surface area contributed by atoms with Crippen molar-refractivity contribution in [3.63, 3.8) is 0 Å². The van der Waals surface area contributed by atoms with Crippen LogP contribution in [0.1, 0.15) is 13.8 Å². The lowest BCUT2D eigenvalue weighted by Gasteiger charge is -1.72. The molecule has 0 aliphatic heterocycles. The highest BCUT2D eigenvalue weighted by molar-refractivity contribution is 5.06. The zero-order chi connectivity index (χ0) is 5.54. The van der Waals surface area contributed by atoms with Crippen molar-refractivity contribution in [1.82, 2.24) is 0 Å². The summed E-state index contributed by atoms with van der Waals surface area (Å²) in [5.74, 6) is 0. The van der Waals surface area contributed by atoms with Gasteiger partial charge in [-0.3, -0.25) is 0 Å². The first-order chi connectivity index (χ1) is 3.41. The van der Waals surface area contributed by atoms with E-state index in [0.717, 1.165) is 0 Å². The number of hydrogen-bond acceptors (Lipinski definition) is 0. The molecule has 0 amide bonds. The molecule has 0 spiro atoms. The molecular weight excluding hydrogens is 84.1 g/mol. The Kier molecular flexibility index (Phi) is 5.07. The molecule has 39 valence electrons. The Morgan fingerprint density at radius 2 is 1.29 bits per heavy atom. The monoisotopic (exact) mass is 95.1 g/mol. The summed E-state index contributed by atoms with van der Waals surface area (Å²) < 4.78 is 0. The standard InChI is InChI=1S/C7H11/c1-3-5-7-6-4-2/h3-7H,1-2H3. The molecule has 0 atom stereocenters. The van der Waals surface area contributed by atoms with E-state index in [1.807, 2.05) is 44.6 Å². The smallest absolute Gasteiger partial charge is 0.00439 e. The number of hydrogen-bond donors (Lipinski definition) is 0. The normalized spacial score (nSPS) is 11.7. The fourth-order valence-corrected chi connectivity index (χ4v) is 0.286. The summed E-state index contributed by atoms with van der Waals surface area (Å²) in [5, 5.41) is 0. The van der Waals surface area contributed by atoms with E-state index < -0.39 is 0 Å². The summed E-state index contributed by atoms with van der Waals surface area (Å²) in [6.07, 6.45) is 10.0. The minimum absolute atomic E-state index is 2.00. The minimum Gasteiger partial charge on any atom is -0.0910 e. The van der Waals surface area contributed by atoms with Crippen LogP contribution in [0.2, 0.25) is 0 Å². The zero-order valence-corrected chi connectivity index (χ0v) is 4.89. The SMILES string of the molecule is CC=C[CH]C=CC. The summed E-state index contributed by atoms with van der Waals surface area (Å²) in [6, 6.07) is 0.